The molecule has 1 aromatic heterocycles. The molecule has 2 rings (SSSR count). The van der Waals surface area contributed by atoms with E-state index in [1.165, 1.54) is 6.42 Å². The molecule has 1 saturated carbocycles. The average Bonchev–Trinajstić information content (AvgIpc) is 2.98. The Kier molecular flexibility index (Phi) is 4.74. The predicted octanol–water partition coefficient (Wildman–Crippen LogP) is 1.98. The molecule has 0 saturated heterocycles. The lowest BCUT2D eigenvalue weighted by molar-refractivity contribution is -0.137. The van der Waals surface area contributed by atoms with Gasteiger partial charge in [-0.1, -0.05) is 12.5 Å². The maximum Gasteiger partial charge on any atom is 0.305 e. The van der Waals surface area contributed by atoms with Crippen LogP contribution < -0.4 is 11.1 Å². The lowest BCUT2D eigenvalue weighted by Gasteiger charge is -2.25. The van der Waals surface area contributed by atoms with Crippen molar-refractivity contribution in [2.24, 2.45) is 11.7 Å². The molecule has 0 aromatic carbocycles. The molecule has 3 atom stereocenters. The normalized spacial score (nSPS) is 25.2. The molecule has 0 radical (unpaired) electrons. The molecule has 0 bridgehead atoms. The molecule has 4 nitrogen and oxygen atoms in total. The highest BCUT2D eigenvalue weighted by atomic mass is 32.1. The molecule has 4 N–H and O–H groups in total. The molecule has 5 heteroatoms. The second-order valence-electron chi connectivity index (χ2n) is 4.87. The minimum absolute atomic E-state index is 0.0837. The van der Waals surface area contributed by atoms with Crippen LogP contribution in [0.1, 0.15) is 36.6 Å². The van der Waals surface area contributed by atoms with E-state index in [4.69, 9.17) is 10.8 Å². The summed E-state index contributed by atoms with van der Waals surface area (Å²) in [5, 5.41) is 14.5. The Morgan fingerprint density at radius 1 is 1.61 bits per heavy atom. The maximum absolute atomic E-state index is 11.0. The minimum atomic E-state index is -0.761. The van der Waals surface area contributed by atoms with Gasteiger partial charge >= 0.3 is 5.97 Å². The number of carbonyl (C=O) groups is 1. The zero-order chi connectivity index (χ0) is 13.0. The maximum atomic E-state index is 11.0. The Morgan fingerprint density at radius 2 is 2.44 bits per heavy atom. The lowest BCUT2D eigenvalue weighted by atomic mass is 10.0. The fourth-order valence-corrected chi connectivity index (χ4v) is 3.49. The second kappa shape index (κ2) is 6.31. The van der Waals surface area contributed by atoms with Crippen molar-refractivity contribution >= 4 is 17.3 Å². The first-order chi connectivity index (χ1) is 8.70. The van der Waals surface area contributed by atoms with E-state index in [1.54, 1.807) is 11.3 Å². The molecule has 0 spiro atoms. The Bertz CT molecular complexity index is 380. The van der Waals surface area contributed by atoms with E-state index in [0.29, 0.717) is 18.5 Å². The van der Waals surface area contributed by atoms with E-state index in [9.17, 15) is 4.79 Å². The minimum Gasteiger partial charge on any atom is -0.481 e. The highest BCUT2D eigenvalue weighted by Crippen LogP contribution is 2.29. The Balaban J connectivity index is 2.03. The number of hydrogen-bond acceptors (Lipinski definition) is 4. The number of carboxylic acid groups (broad SMARTS) is 1. The van der Waals surface area contributed by atoms with Crippen molar-refractivity contribution in [3.05, 3.63) is 22.4 Å². The molecule has 0 amide bonds. The summed E-state index contributed by atoms with van der Waals surface area (Å²) in [4.78, 5) is 12.1. The SMILES string of the molecule is NCC1CCCC1NC(CC(=O)O)c1cccs1. The summed E-state index contributed by atoms with van der Waals surface area (Å²) in [6.45, 7) is 0.682. The van der Waals surface area contributed by atoms with Gasteiger partial charge in [0.2, 0.25) is 0 Å². The topological polar surface area (TPSA) is 75.3 Å². The first-order valence-electron chi connectivity index (χ1n) is 6.42. The van der Waals surface area contributed by atoms with Crippen molar-refractivity contribution in [3.8, 4) is 0 Å². The second-order valence-corrected chi connectivity index (χ2v) is 5.84. The monoisotopic (exact) mass is 268 g/mol. The fourth-order valence-electron chi connectivity index (χ4n) is 2.70. The molecular weight excluding hydrogens is 248 g/mol. The van der Waals surface area contributed by atoms with Gasteiger partial charge in [0.25, 0.3) is 0 Å². The smallest absolute Gasteiger partial charge is 0.305 e. The van der Waals surface area contributed by atoms with Crippen molar-refractivity contribution in [2.45, 2.75) is 37.8 Å². The van der Waals surface area contributed by atoms with Gasteiger partial charge in [-0.3, -0.25) is 4.79 Å². The Morgan fingerprint density at radius 3 is 3.06 bits per heavy atom. The first-order valence-corrected chi connectivity index (χ1v) is 7.30. The van der Waals surface area contributed by atoms with Crippen LogP contribution in [0.15, 0.2) is 17.5 Å². The van der Waals surface area contributed by atoms with Gasteiger partial charge in [0.1, 0.15) is 0 Å². The third-order valence-corrected chi connectivity index (χ3v) is 4.63. The van der Waals surface area contributed by atoms with Crippen molar-refractivity contribution in [1.82, 2.24) is 5.32 Å². The van der Waals surface area contributed by atoms with Gasteiger partial charge in [-0.2, -0.15) is 0 Å². The average molecular weight is 268 g/mol. The molecule has 1 aromatic rings. The summed E-state index contributed by atoms with van der Waals surface area (Å²) in [5.74, 6) is -0.274. The van der Waals surface area contributed by atoms with Crippen LogP contribution in [0.4, 0.5) is 0 Å². The Labute approximate surface area is 111 Å². The highest BCUT2D eigenvalue weighted by molar-refractivity contribution is 7.10. The van der Waals surface area contributed by atoms with E-state index in [1.807, 2.05) is 17.5 Å². The van der Waals surface area contributed by atoms with E-state index in [0.717, 1.165) is 17.7 Å². The standard InChI is InChI=1S/C13H20N2O2S/c14-8-9-3-1-4-10(9)15-11(7-13(16)17)12-5-2-6-18-12/h2,5-6,9-11,15H,1,3-4,7-8,14H2,(H,16,17). The summed E-state index contributed by atoms with van der Waals surface area (Å²) in [6, 6.07) is 4.24. The molecule has 18 heavy (non-hydrogen) atoms. The van der Waals surface area contributed by atoms with Crippen LogP contribution in [0.3, 0.4) is 0 Å². The number of thiophene rings is 1. The summed E-state index contributed by atoms with van der Waals surface area (Å²) in [5.41, 5.74) is 5.77. The van der Waals surface area contributed by atoms with Crippen LogP contribution in [0.2, 0.25) is 0 Å². The summed E-state index contributed by atoms with van der Waals surface area (Å²) in [6.07, 6.45) is 3.57. The molecule has 1 aliphatic rings. The van der Waals surface area contributed by atoms with Crippen LogP contribution in [0, 0.1) is 5.92 Å². The number of aliphatic carboxylic acids is 1. The lowest BCUT2D eigenvalue weighted by Crippen LogP contribution is -2.38. The van der Waals surface area contributed by atoms with Gasteiger partial charge in [0.05, 0.1) is 12.5 Å². The molecule has 1 aliphatic carbocycles. The third kappa shape index (κ3) is 3.31. The van der Waals surface area contributed by atoms with Gasteiger partial charge < -0.3 is 16.2 Å². The van der Waals surface area contributed by atoms with Gasteiger partial charge in [-0.05, 0) is 36.8 Å². The van der Waals surface area contributed by atoms with Gasteiger partial charge in [-0.15, -0.1) is 11.3 Å². The quantitative estimate of drug-likeness (QED) is 0.737. The van der Waals surface area contributed by atoms with Crippen molar-refractivity contribution < 1.29 is 9.90 Å². The number of rotatable bonds is 6. The van der Waals surface area contributed by atoms with Crippen molar-refractivity contribution in [1.29, 1.82) is 0 Å². The molecule has 3 unspecified atom stereocenters. The number of nitrogens with two attached hydrogens (primary N) is 1. The fraction of sp³-hybridized carbons (Fsp3) is 0.615. The zero-order valence-corrected chi connectivity index (χ0v) is 11.2. The molecule has 1 heterocycles. The zero-order valence-electron chi connectivity index (χ0n) is 10.3. The van der Waals surface area contributed by atoms with Crippen LogP contribution in [0.25, 0.3) is 0 Å². The van der Waals surface area contributed by atoms with Crippen molar-refractivity contribution in [3.63, 3.8) is 0 Å². The number of carboxylic acids is 1. The molecular formula is C13H20N2O2S. The van der Waals surface area contributed by atoms with E-state index < -0.39 is 5.97 Å². The van der Waals surface area contributed by atoms with E-state index >= 15 is 0 Å². The van der Waals surface area contributed by atoms with Crippen LogP contribution in [-0.4, -0.2) is 23.7 Å². The van der Waals surface area contributed by atoms with E-state index in [-0.39, 0.29) is 12.5 Å². The van der Waals surface area contributed by atoms with Gasteiger partial charge in [0.15, 0.2) is 0 Å². The van der Waals surface area contributed by atoms with E-state index in [2.05, 4.69) is 5.32 Å². The molecule has 0 aliphatic heterocycles. The Hall–Kier alpha value is -0.910. The number of hydrogen-bond donors (Lipinski definition) is 3. The van der Waals surface area contributed by atoms with Crippen LogP contribution in [-0.2, 0) is 4.79 Å². The van der Waals surface area contributed by atoms with Crippen LogP contribution >= 0.6 is 11.3 Å². The van der Waals surface area contributed by atoms with Crippen molar-refractivity contribution in [2.75, 3.05) is 6.54 Å². The first kappa shape index (κ1) is 13.5. The summed E-state index contributed by atoms with van der Waals surface area (Å²) >= 11 is 1.61. The summed E-state index contributed by atoms with van der Waals surface area (Å²) < 4.78 is 0. The van der Waals surface area contributed by atoms with Crippen LogP contribution in [0.5, 0.6) is 0 Å². The highest BCUT2D eigenvalue weighted by Gasteiger charge is 2.29. The summed E-state index contributed by atoms with van der Waals surface area (Å²) in [7, 11) is 0. The van der Waals surface area contributed by atoms with Gasteiger partial charge in [-0.25, -0.2) is 0 Å². The third-order valence-electron chi connectivity index (χ3n) is 3.64. The largest absolute Gasteiger partial charge is 0.481 e. The molecule has 100 valence electrons. The number of nitrogens with one attached hydrogen (secondary N) is 1. The molecule has 1 fully saturated rings. The van der Waals surface area contributed by atoms with Gasteiger partial charge in [0, 0.05) is 10.9 Å². The predicted molar refractivity (Wildman–Crippen MR) is 72.6 cm³/mol.